The molecule has 1 aliphatic heterocycles. The molecule has 1 aromatic rings. The van der Waals surface area contributed by atoms with Gasteiger partial charge >= 0.3 is 11.9 Å². The molecule has 14 heavy (non-hydrogen) atoms. The Labute approximate surface area is 80.5 Å². The lowest BCUT2D eigenvalue weighted by Crippen LogP contribution is -1.96. The molecule has 1 heterocycles. The van der Waals surface area contributed by atoms with Gasteiger partial charge in [-0.05, 0) is 18.2 Å². The standard InChI is InChI=1S/C8H3FO3.C2H6/c9-4-1-2-5-6(3-4)8(11)12-7(5)10;1-2/h1-3H;1-2H3. The molecule has 0 saturated carbocycles. The average molecular weight is 196 g/mol. The summed E-state index contributed by atoms with van der Waals surface area (Å²) in [6.45, 7) is 4.00. The van der Waals surface area contributed by atoms with E-state index in [2.05, 4.69) is 4.74 Å². The smallest absolute Gasteiger partial charge is 0.347 e. The van der Waals surface area contributed by atoms with Crippen LogP contribution in [0.3, 0.4) is 0 Å². The minimum Gasteiger partial charge on any atom is -0.386 e. The highest BCUT2D eigenvalue weighted by Gasteiger charge is 2.29. The first-order valence-corrected chi connectivity index (χ1v) is 4.24. The summed E-state index contributed by atoms with van der Waals surface area (Å²) in [7, 11) is 0. The lowest BCUT2D eigenvalue weighted by molar-refractivity contribution is 0.0443. The molecule has 0 fully saturated rings. The van der Waals surface area contributed by atoms with Crippen molar-refractivity contribution in [2.75, 3.05) is 0 Å². The zero-order valence-electron chi connectivity index (χ0n) is 7.83. The fourth-order valence-electron chi connectivity index (χ4n) is 1.06. The van der Waals surface area contributed by atoms with Crippen molar-refractivity contribution >= 4 is 11.9 Å². The van der Waals surface area contributed by atoms with E-state index in [9.17, 15) is 14.0 Å². The molecule has 0 amide bonds. The molecular formula is C10H9FO3. The molecule has 0 radical (unpaired) electrons. The van der Waals surface area contributed by atoms with Crippen LogP contribution < -0.4 is 0 Å². The predicted molar refractivity (Wildman–Crippen MR) is 47.5 cm³/mol. The number of hydrogen-bond acceptors (Lipinski definition) is 3. The van der Waals surface area contributed by atoms with Crippen molar-refractivity contribution < 1.29 is 18.7 Å². The summed E-state index contributed by atoms with van der Waals surface area (Å²) in [5, 5.41) is 0. The second kappa shape index (κ2) is 4.00. The van der Waals surface area contributed by atoms with E-state index in [1.54, 1.807) is 0 Å². The van der Waals surface area contributed by atoms with Crippen LogP contribution in [0.5, 0.6) is 0 Å². The van der Waals surface area contributed by atoms with Crippen LogP contribution in [0.1, 0.15) is 34.6 Å². The summed E-state index contributed by atoms with van der Waals surface area (Å²) in [5.74, 6) is -2.05. The van der Waals surface area contributed by atoms with Crippen molar-refractivity contribution in [3.05, 3.63) is 35.1 Å². The van der Waals surface area contributed by atoms with Gasteiger partial charge in [-0.15, -0.1) is 0 Å². The van der Waals surface area contributed by atoms with Crippen LogP contribution in [0.2, 0.25) is 0 Å². The van der Waals surface area contributed by atoms with E-state index in [1.165, 1.54) is 6.07 Å². The number of carbonyl (C=O) groups is 2. The second-order valence-corrected chi connectivity index (χ2v) is 2.37. The first-order chi connectivity index (χ1) is 6.68. The van der Waals surface area contributed by atoms with Crippen LogP contribution in [-0.4, -0.2) is 11.9 Å². The van der Waals surface area contributed by atoms with E-state index in [0.717, 1.165) is 12.1 Å². The highest BCUT2D eigenvalue weighted by atomic mass is 19.1. The number of esters is 2. The molecule has 0 N–H and O–H groups in total. The highest BCUT2D eigenvalue weighted by molar-refractivity contribution is 6.14. The van der Waals surface area contributed by atoms with Crippen molar-refractivity contribution in [1.29, 1.82) is 0 Å². The Kier molecular flexibility index (Phi) is 2.96. The third-order valence-corrected chi connectivity index (χ3v) is 1.61. The first-order valence-electron chi connectivity index (χ1n) is 4.24. The number of ether oxygens (including phenoxy) is 1. The maximum Gasteiger partial charge on any atom is 0.347 e. The van der Waals surface area contributed by atoms with Crippen LogP contribution in [0, 0.1) is 5.82 Å². The predicted octanol–water partition coefficient (Wildman–Crippen LogP) is 2.16. The van der Waals surface area contributed by atoms with Crippen molar-refractivity contribution in [2.45, 2.75) is 13.8 Å². The van der Waals surface area contributed by atoms with Crippen LogP contribution in [0.25, 0.3) is 0 Å². The molecule has 4 heteroatoms. The summed E-state index contributed by atoms with van der Waals surface area (Å²) in [5.41, 5.74) is 0.126. The molecule has 1 aliphatic rings. The van der Waals surface area contributed by atoms with Gasteiger partial charge in [-0.1, -0.05) is 13.8 Å². The Morgan fingerprint density at radius 1 is 1.07 bits per heavy atom. The van der Waals surface area contributed by atoms with Gasteiger partial charge in [-0.3, -0.25) is 0 Å². The molecular weight excluding hydrogens is 187 g/mol. The monoisotopic (exact) mass is 196 g/mol. The topological polar surface area (TPSA) is 43.4 Å². The van der Waals surface area contributed by atoms with E-state index < -0.39 is 17.8 Å². The van der Waals surface area contributed by atoms with Gasteiger partial charge < -0.3 is 4.74 Å². The van der Waals surface area contributed by atoms with Crippen LogP contribution in [0.15, 0.2) is 18.2 Å². The molecule has 0 atom stereocenters. The van der Waals surface area contributed by atoms with Crippen molar-refractivity contribution in [1.82, 2.24) is 0 Å². The van der Waals surface area contributed by atoms with E-state index in [0.29, 0.717) is 0 Å². The summed E-state index contributed by atoms with van der Waals surface area (Å²) >= 11 is 0. The number of carbonyl (C=O) groups excluding carboxylic acids is 2. The minimum atomic E-state index is -0.783. The Bertz CT molecular complexity index is 385. The molecule has 0 aromatic heterocycles. The number of benzene rings is 1. The van der Waals surface area contributed by atoms with E-state index >= 15 is 0 Å². The molecule has 3 nitrogen and oxygen atoms in total. The maximum atomic E-state index is 12.5. The quantitative estimate of drug-likeness (QED) is 0.471. The SMILES string of the molecule is CC.O=C1OC(=O)c2cc(F)ccc21. The summed E-state index contributed by atoms with van der Waals surface area (Å²) < 4.78 is 16.8. The number of rotatable bonds is 0. The molecule has 0 spiro atoms. The largest absolute Gasteiger partial charge is 0.386 e. The number of hydrogen-bond donors (Lipinski definition) is 0. The van der Waals surface area contributed by atoms with Gasteiger partial charge in [-0.25, -0.2) is 14.0 Å². The number of halogens is 1. The third-order valence-electron chi connectivity index (χ3n) is 1.61. The van der Waals surface area contributed by atoms with Gasteiger partial charge in [0.1, 0.15) is 5.82 Å². The number of fused-ring (bicyclic) bond motifs is 1. The molecule has 1 aromatic carbocycles. The van der Waals surface area contributed by atoms with Gasteiger partial charge in [-0.2, -0.15) is 0 Å². The van der Waals surface area contributed by atoms with E-state index in [4.69, 9.17) is 0 Å². The molecule has 0 aliphatic carbocycles. The molecule has 0 unspecified atom stereocenters. The summed E-state index contributed by atoms with van der Waals surface area (Å²) in [4.78, 5) is 21.6. The van der Waals surface area contributed by atoms with E-state index in [-0.39, 0.29) is 11.1 Å². The molecule has 74 valence electrons. The lowest BCUT2D eigenvalue weighted by atomic mass is 10.1. The molecule has 2 rings (SSSR count). The Hall–Kier alpha value is -1.71. The van der Waals surface area contributed by atoms with Gasteiger partial charge in [0, 0.05) is 0 Å². The van der Waals surface area contributed by atoms with Crippen molar-refractivity contribution in [3.8, 4) is 0 Å². The van der Waals surface area contributed by atoms with Crippen LogP contribution >= 0.6 is 0 Å². The van der Waals surface area contributed by atoms with Gasteiger partial charge in [0.05, 0.1) is 11.1 Å². The fourth-order valence-corrected chi connectivity index (χ4v) is 1.06. The average Bonchev–Trinajstić information content (AvgIpc) is 2.46. The maximum absolute atomic E-state index is 12.5. The van der Waals surface area contributed by atoms with Gasteiger partial charge in [0.2, 0.25) is 0 Å². The van der Waals surface area contributed by atoms with Gasteiger partial charge in [0.25, 0.3) is 0 Å². The van der Waals surface area contributed by atoms with Crippen LogP contribution in [-0.2, 0) is 4.74 Å². The van der Waals surface area contributed by atoms with Crippen molar-refractivity contribution in [3.63, 3.8) is 0 Å². The van der Waals surface area contributed by atoms with Crippen molar-refractivity contribution in [2.24, 2.45) is 0 Å². The molecule has 0 saturated heterocycles. The normalized spacial score (nSPS) is 12.8. The summed E-state index contributed by atoms with van der Waals surface area (Å²) in [6, 6.07) is 3.33. The fraction of sp³-hybridized carbons (Fsp3) is 0.200. The lowest BCUT2D eigenvalue weighted by Gasteiger charge is -1.89. The zero-order valence-corrected chi connectivity index (χ0v) is 7.83. The zero-order chi connectivity index (χ0) is 10.7. The number of cyclic esters (lactones) is 2. The second-order valence-electron chi connectivity index (χ2n) is 2.37. The third kappa shape index (κ3) is 1.64. The van der Waals surface area contributed by atoms with Gasteiger partial charge in [0.15, 0.2) is 0 Å². The Morgan fingerprint density at radius 2 is 1.64 bits per heavy atom. The minimum absolute atomic E-state index is 0.000000000000000444. The summed E-state index contributed by atoms with van der Waals surface area (Å²) in [6.07, 6.45) is 0. The van der Waals surface area contributed by atoms with E-state index in [1.807, 2.05) is 13.8 Å². The Morgan fingerprint density at radius 3 is 2.29 bits per heavy atom. The first kappa shape index (κ1) is 10.4. The highest BCUT2D eigenvalue weighted by Crippen LogP contribution is 2.20. The van der Waals surface area contributed by atoms with Crippen LogP contribution in [0.4, 0.5) is 4.39 Å². The Balaban J connectivity index is 0.000000461. The molecule has 0 bridgehead atoms.